The minimum atomic E-state index is -0.284. The van der Waals surface area contributed by atoms with Crippen LogP contribution >= 0.6 is 0 Å². The summed E-state index contributed by atoms with van der Waals surface area (Å²) in [4.78, 5) is 21.6. The first-order chi connectivity index (χ1) is 18.2. The van der Waals surface area contributed by atoms with E-state index in [-0.39, 0.29) is 11.6 Å². The fraction of sp³-hybridized carbons (Fsp3) is 0.448. The predicted octanol–water partition coefficient (Wildman–Crippen LogP) is 4.10. The van der Waals surface area contributed by atoms with E-state index in [1.165, 1.54) is 24.0 Å². The Morgan fingerprint density at radius 3 is 2.51 bits per heavy atom. The third kappa shape index (κ3) is 4.95. The molecule has 1 aliphatic carbocycles. The van der Waals surface area contributed by atoms with Gasteiger partial charge in [-0.2, -0.15) is 0 Å². The summed E-state index contributed by atoms with van der Waals surface area (Å²) in [5.74, 6) is 0.792. The van der Waals surface area contributed by atoms with Crippen LogP contribution in [-0.4, -0.2) is 61.2 Å². The summed E-state index contributed by atoms with van der Waals surface area (Å²) >= 11 is 0. The first kappa shape index (κ1) is 24.0. The molecule has 2 aromatic carbocycles. The van der Waals surface area contributed by atoms with E-state index >= 15 is 0 Å². The van der Waals surface area contributed by atoms with Gasteiger partial charge >= 0.3 is 0 Å². The molecule has 2 aliphatic rings. The lowest BCUT2D eigenvalue weighted by Crippen LogP contribution is -2.48. The van der Waals surface area contributed by atoms with Crippen LogP contribution < -0.4 is 5.56 Å². The van der Waals surface area contributed by atoms with E-state index < -0.39 is 0 Å². The van der Waals surface area contributed by atoms with Gasteiger partial charge in [0.1, 0.15) is 6.04 Å². The van der Waals surface area contributed by atoms with E-state index in [0.717, 1.165) is 74.3 Å². The number of pyridine rings is 1. The Bertz CT molecular complexity index is 1400. The molecular weight excluding hydrogens is 462 g/mol. The molecule has 1 saturated carbocycles. The summed E-state index contributed by atoms with van der Waals surface area (Å²) in [5.41, 5.74) is 4.12. The van der Waals surface area contributed by atoms with Crippen LogP contribution in [0.25, 0.3) is 10.9 Å². The lowest BCUT2D eigenvalue weighted by Gasteiger charge is -2.39. The normalized spacial score (nSPS) is 18.5. The number of hydrogen-bond donors (Lipinski definition) is 1. The number of aromatic nitrogens is 5. The molecular formula is C29H35N7O. The highest BCUT2D eigenvalue weighted by Gasteiger charge is 2.34. The monoisotopic (exact) mass is 497 g/mol. The predicted molar refractivity (Wildman–Crippen MR) is 144 cm³/mol. The van der Waals surface area contributed by atoms with Crippen LogP contribution in [0.5, 0.6) is 0 Å². The molecule has 8 nitrogen and oxygen atoms in total. The van der Waals surface area contributed by atoms with Gasteiger partial charge in [0.05, 0.1) is 6.04 Å². The zero-order valence-electron chi connectivity index (χ0n) is 21.5. The van der Waals surface area contributed by atoms with Crippen molar-refractivity contribution in [2.24, 2.45) is 0 Å². The SMILES string of the molecule is CCc1ccc2[nH]c(=O)c([C@H](c3nnnn3C3CCCC3)N3CCN(Cc4ccccc4)CC3)cc2c1. The van der Waals surface area contributed by atoms with Gasteiger partial charge in [0.15, 0.2) is 5.82 Å². The standard InChI is InChI=1S/C29H35N7O/c1-2-21-12-13-26-23(18-21)19-25(29(37)30-26)27(28-31-32-33-36(28)24-10-6-7-11-24)35-16-14-34(15-17-35)20-22-8-4-3-5-9-22/h3-5,8-9,12-13,18-19,24,27H,2,6-7,10-11,14-17,20H2,1H3,(H,30,37)/t27-/m1/s1. The van der Waals surface area contributed by atoms with E-state index in [4.69, 9.17) is 0 Å². The van der Waals surface area contributed by atoms with Crippen molar-refractivity contribution < 1.29 is 0 Å². The van der Waals surface area contributed by atoms with Crippen LogP contribution in [-0.2, 0) is 13.0 Å². The zero-order valence-corrected chi connectivity index (χ0v) is 21.5. The maximum atomic E-state index is 13.5. The van der Waals surface area contributed by atoms with Crippen molar-refractivity contribution in [3.8, 4) is 0 Å². The highest BCUT2D eigenvalue weighted by atomic mass is 16.1. The number of aryl methyl sites for hydroxylation is 1. The summed E-state index contributed by atoms with van der Waals surface area (Å²) in [6.07, 6.45) is 5.52. The fourth-order valence-corrected chi connectivity index (χ4v) is 6.01. The molecule has 1 saturated heterocycles. The Morgan fingerprint density at radius 1 is 0.973 bits per heavy atom. The number of rotatable bonds is 7. The third-order valence-corrected chi connectivity index (χ3v) is 8.09. The minimum absolute atomic E-state index is 0.0607. The number of H-pyrrole nitrogens is 1. The average Bonchev–Trinajstić information content (AvgIpc) is 3.63. The van der Waals surface area contributed by atoms with Crippen molar-refractivity contribution in [2.45, 2.75) is 57.7 Å². The molecule has 2 fully saturated rings. The van der Waals surface area contributed by atoms with Crippen LogP contribution in [0.1, 0.15) is 67.2 Å². The summed E-state index contributed by atoms with van der Waals surface area (Å²) in [7, 11) is 0. The maximum Gasteiger partial charge on any atom is 0.253 e. The van der Waals surface area contributed by atoms with E-state index in [1.807, 2.05) is 10.7 Å². The number of benzene rings is 2. The smallest absolute Gasteiger partial charge is 0.253 e. The van der Waals surface area contributed by atoms with Gasteiger partial charge in [-0.15, -0.1) is 5.10 Å². The van der Waals surface area contributed by atoms with E-state index in [1.54, 1.807) is 0 Å². The van der Waals surface area contributed by atoms with Gasteiger partial charge in [-0.25, -0.2) is 4.68 Å². The molecule has 8 heteroatoms. The lowest BCUT2D eigenvalue weighted by molar-refractivity contribution is 0.0989. The zero-order chi connectivity index (χ0) is 25.2. The molecule has 0 bridgehead atoms. The molecule has 0 unspecified atom stereocenters. The van der Waals surface area contributed by atoms with Crippen molar-refractivity contribution in [2.75, 3.05) is 26.2 Å². The highest BCUT2D eigenvalue weighted by Crippen LogP contribution is 2.34. The molecule has 1 N–H and O–H groups in total. The van der Waals surface area contributed by atoms with Crippen molar-refractivity contribution in [1.82, 2.24) is 35.0 Å². The molecule has 0 radical (unpaired) electrons. The van der Waals surface area contributed by atoms with Crippen LogP contribution in [0, 0.1) is 0 Å². The largest absolute Gasteiger partial charge is 0.322 e. The van der Waals surface area contributed by atoms with Crippen molar-refractivity contribution in [3.63, 3.8) is 0 Å². The van der Waals surface area contributed by atoms with Gasteiger partial charge in [0.2, 0.25) is 0 Å². The van der Waals surface area contributed by atoms with Crippen LogP contribution in [0.2, 0.25) is 0 Å². The molecule has 1 aliphatic heterocycles. The number of nitrogens with one attached hydrogen (secondary N) is 1. The molecule has 2 aromatic heterocycles. The third-order valence-electron chi connectivity index (χ3n) is 8.09. The number of nitrogens with zero attached hydrogens (tertiary/aromatic N) is 6. The second-order valence-corrected chi connectivity index (χ2v) is 10.4. The Morgan fingerprint density at radius 2 is 1.76 bits per heavy atom. The number of aromatic amines is 1. The van der Waals surface area contributed by atoms with Gasteiger partial charge in [-0.1, -0.05) is 56.2 Å². The van der Waals surface area contributed by atoms with Crippen LogP contribution in [0.3, 0.4) is 0 Å². The Balaban J connectivity index is 1.35. The lowest BCUT2D eigenvalue weighted by atomic mass is 10.0. The minimum Gasteiger partial charge on any atom is -0.322 e. The average molecular weight is 498 g/mol. The van der Waals surface area contributed by atoms with Crippen LogP contribution in [0.15, 0.2) is 59.4 Å². The second kappa shape index (κ2) is 10.6. The molecule has 192 valence electrons. The topological polar surface area (TPSA) is 82.9 Å². The van der Waals surface area contributed by atoms with Gasteiger partial charge in [0.25, 0.3) is 5.56 Å². The van der Waals surface area contributed by atoms with Crippen molar-refractivity contribution >= 4 is 10.9 Å². The summed E-state index contributed by atoms with van der Waals surface area (Å²) in [5, 5.41) is 14.2. The second-order valence-electron chi connectivity index (χ2n) is 10.4. The van der Waals surface area contributed by atoms with E-state index in [9.17, 15) is 4.79 Å². The van der Waals surface area contributed by atoms with Crippen molar-refractivity contribution in [1.29, 1.82) is 0 Å². The number of fused-ring (bicyclic) bond motifs is 1. The first-order valence-electron chi connectivity index (χ1n) is 13.6. The van der Waals surface area contributed by atoms with Gasteiger partial charge in [0, 0.05) is 43.8 Å². The molecule has 37 heavy (non-hydrogen) atoms. The number of piperazine rings is 1. The van der Waals surface area contributed by atoms with Crippen molar-refractivity contribution in [3.05, 3.63) is 87.5 Å². The number of hydrogen-bond acceptors (Lipinski definition) is 6. The summed E-state index contributed by atoms with van der Waals surface area (Å²) < 4.78 is 2.01. The molecule has 0 spiro atoms. The summed E-state index contributed by atoms with van der Waals surface area (Å²) in [6.45, 7) is 6.66. The fourth-order valence-electron chi connectivity index (χ4n) is 6.01. The Labute approximate surface area is 217 Å². The highest BCUT2D eigenvalue weighted by molar-refractivity contribution is 5.80. The molecule has 0 amide bonds. The van der Waals surface area contributed by atoms with E-state index in [0.29, 0.717) is 6.04 Å². The van der Waals surface area contributed by atoms with Gasteiger partial charge < -0.3 is 4.98 Å². The van der Waals surface area contributed by atoms with Gasteiger partial charge in [-0.05, 0) is 64.4 Å². The van der Waals surface area contributed by atoms with Gasteiger partial charge in [-0.3, -0.25) is 14.6 Å². The summed E-state index contributed by atoms with van der Waals surface area (Å²) in [6, 6.07) is 19.0. The quantitative estimate of drug-likeness (QED) is 0.414. The Kier molecular flexibility index (Phi) is 6.85. The molecule has 3 heterocycles. The first-order valence-corrected chi connectivity index (χ1v) is 13.6. The van der Waals surface area contributed by atoms with E-state index in [2.05, 4.69) is 85.8 Å². The molecule has 6 rings (SSSR count). The van der Waals surface area contributed by atoms with Crippen LogP contribution in [0.4, 0.5) is 0 Å². The molecule has 4 aromatic rings. The maximum absolute atomic E-state index is 13.5. The Hall–Kier alpha value is -3.36. The number of tetrazole rings is 1. The molecule has 1 atom stereocenters.